The first-order valence-electron chi connectivity index (χ1n) is 9.19. The van der Waals surface area contributed by atoms with Crippen LogP contribution in [0.3, 0.4) is 0 Å². The molecule has 6 nitrogen and oxygen atoms in total. The fourth-order valence-electron chi connectivity index (χ4n) is 3.74. The third kappa shape index (κ3) is 3.47. The third-order valence-corrected chi connectivity index (χ3v) is 5.18. The van der Waals surface area contributed by atoms with E-state index < -0.39 is 0 Å². The highest BCUT2D eigenvalue weighted by atomic mass is 16.5. The molecule has 3 N–H and O–H groups in total. The van der Waals surface area contributed by atoms with E-state index in [0.29, 0.717) is 29.5 Å². The second-order valence-corrected chi connectivity index (χ2v) is 6.67. The lowest BCUT2D eigenvalue weighted by atomic mass is 9.92. The predicted molar refractivity (Wildman–Crippen MR) is 109 cm³/mol. The first-order chi connectivity index (χ1) is 13.6. The molecule has 0 aromatic heterocycles. The van der Waals surface area contributed by atoms with Crippen LogP contribution >= 0.6 is 0 Å². The van der Waals surface area contributed by atoms with E-state index in [1.807, 2.05) is 12.1 Å². The molecule has 150 valence electrons. The molecule has 0 saturated heterocycles. The average Bonchev–Trinajstić information content (AvgIpc) is 2.91. The van der Waals surface area contributed by atoms with E-state index >= 15 is 0 Å². The van der Waals surface area contributed by atoms with E-state index in [-0.39, 0.29) is 11.7 Å². The number of aromatic hydroxyl groups is 1. The van der Waals surface area contributed by atoms with E-state index in [4.69, 9.17) is 24.7 Å². The van der Waals surface area contributed by atoms with Crippen molar-refractivity contribution in [3.8, 4) is 28.7 Å². The number of nitrogens with two attached hydrogens (primary N) is 1. The van der Waals surface area contributed by atoms with Crippen LogP contribution in [-0.4, -0.2) is 40.1 Å². The maximum Gasteiger partial charge on any atom is 0.203 e. The molecule has 2 aromatic rings. The summed E-state index contributed by atoms with van der Waals surface area (Å²) in [5.41, 5.74) is 9.87. The number of benzene rings is 2. The fourth-order valence-corrected chi connectivity index (χ4v) is 3.74. The van der Waals surface area contributed by atoms with E-state index in [1.165, 1.54) is 7.11 Å². The van der Waals surface area contributed by atoms with Crippen molar-refractivity contribution in [2.45, 2.75) is 12.8 Å². The molecule has 0 aliphatic heterocycles. The smallest absolute Gasteiger partial charge is 0.203 e. The maximum absolute atomic E-state index is 10.3. The molecule has 0 amide bonds. The summed E-state index contributed by atoms with van der Waals surface area (Å²) in [6, 6.07) is 7.35. The van der Waals surface area contributed by atoms with Gasteiger partial charge in [-0.3, -0.25) is 0 Å². The summed E-state index contributed by atoms with van der Waals surface area (Å²) in [5, 5.41) is 10.3. The average molecular weight is 385 g/mol. The maximum atomic E-state index is 10.3. The molecule has 0 heterocycles. The Labute approximate surface area is 165 Å². The number of methoxy groups -OCH3 is 4. The van der Waals surface area contributed by atoms with Gasteiger partial charge in [0.15, 0.2) is 23.0 Å². The van der Waals surface area contributed by atoms with E-state index in [0.717, 1.165) is 35.1 Å². The van der Waals surface area contributed by atoms with E-state index in [1.54, 1.807) is 33.5 Å². The number of rotatable bonds is 6. The Morgan fingerprint density at radius 2 is 1.68 bits per heavy atom. The van der Waals surface area contributed by atoms with E-state index in [2.05, 4.69) is 6.08 Å². The Kier molecular flexibility index (Phi) is 5.99. The standard InChI is InChI=1S/C22H27NO5/c1-25-19-8-6-14(10-18(19)24)16-9-13(12-23)5-7-15-17(16)11-20(26-2)22(28-4)21(15)27-3/h6,8-11,13,24H,5,7,12,23H2,1-4H3/t13-/m1/s1. The number of ether oxygens (including phenoxy) is 4. The quantitative estimate of drug-likeness (QED) is 0.793. The highest BCUT2D eigenvalue weighted by molar-refractivity contribution is 5.86. The molecule has 6 heteroatoms. The lowest BCUT2D eigenvalue weighted by Crippen LogP contribution is -2.12. The molecule has 0 spiro atoms. The highest BCUT2D eigenvalue weighted by Crippen LogP contribution is 2.47. The summed E-state index contributed by atoms with van der Waals surface area (Å²) in [4.78, 5) is 0. The van der Waals surface area contributed by atoms with Crippen LogP contribution < -0.4 is 24.7 Å². The third-order valence-electron chi connectivity index (χ3n) is 5.18. The molecule has 1 atom stereocenters. The van der Waals surface area contributed by atoms with Gasteiger partial charge in [0.2, 0.25) is 5.75 Å². The summed E-state index contributed by atoms with van der Waals surface area (Å²) < 4.78 is 22.0. The number of hydrogen-bond acceptors (Lipinski definition) is 6. The van der Waals surface area contributed by atoms with Crippen molar-refractivity contribution in [2.75, 3.05) is 35.0 Å². The highest BCUT2D eigenvalue weighted by Gasteiger charge is 2.26. The van der Waals surface area contributed by atoms with Gasteiger partial charge in [-0.2, -0.15) is 0 Å². The molecule has 1 aliphatic rings. The molecule has 0 unspecified atom stereocenters. The van der Waals surface area contributed by atoms with Crippen molar-refractivity contribution >= 4 is 5.57 Å². The van der Waals surface area contributed by atoms with Crippen LogP contribution in [-0.2, 0) is 6.42 Å². The van der Waals surface area contributed by atoms with Crippen LogP contribution in [0.5, 0.6) is 28.7 Å². The number of fused-ring (bicyclic) bond motifs is 1. The minimum Gasteiger partial charge on any atom is -0.504 e. The number of phenolic OH excluding ortho intramolecular Hbond substituents is 1. The van der Waals surface area contributed by atoms with Gasteiger partial charge >= 0.3 is 0 Å². The van der Waals surface area contributed by atoms with Gasteiger partial charge in [-0.25, -0.2) is 0 Å². The first-order valence-corrected chi connectivity index (χ1v) is 9.19. The van der Waals surface area contributed by atoms with Crippen LogP contribution in [0.15, 0.2) is 30.3 Å². The lowest BCUT2D eigenvalue weighted by Gasteiger charge is -2.20. The molecular weight excluding hydrogens is 358 g/mol. The Morgan fingerprint density at radius 3 is 2.25 bits per heavy atom. The molecule has 1 aliphatic carbocycles. The van der Waals surface area contributed by atoms with Gasteiger partial charge in [-0.15, -0.1) is 0 Å². The summed E-state index contributed by atoms with van der Waals surface area (Å²) >= 11 is 0. The Bertz CT molecular complexity index is 891. The van der Waals surface area contributed by atoms with Crippen LogP contribution in [0.4, 0.5) is 0 Å². The van der Waals surface area contributed by atoms with Crippen LogP contribution in [0.2, 0.25) is 0 Å². The second kappa shape index (κ2) is 8.44. The number of hydrogen-bond donors (Lipinski definition) is 2. The minimum atomic E-state index is 0.0865. The SMILES string of the molecule is COc1ccc(C2=C[C@H](CN)CCc3c2cc(OC)c(OC)c3OC)cc1O. The topological polar surface area (TPSA) is 83.2 Å². The monoisotopic (exact) mass is 385 g/mol. The molecule has 0 radical (unpaired) electrons. The predicted octanol–water partition coefficient (Wildman–Crippen LogP) is 3.38. The van der Waals surface area contributed by atoms with Gasteiger partial charge < -0.3 is 29.8 Å². The first kappa shape index (κ1) is 19.9. The van der Waals surface area contributed by atoms with Gasteiger partial charge in [0, 0.05) is 5.56 Å². The van der Waals surface area contributed by atoms with Crippen molar-refractivity contribution in [3.63, 3.8) is 0 Å². The molecule has 0 saturated carbocycles. The molecule has 2 aromatic carbocycles. The largest absolute Gasteiger partial charge is 0.504 e. The Balaban J connectivity index is 2.27. The summed E-state index contributed by atoms with van der Waals surface area (Å²) in [6.45, 7) is 0.538. The van der Waals surface area contributed by atoms with Gasteiger partial charge in [-0.05, 0) is 60.2 Å². The zero-order valence-electron chi connectivity index (χ0n) is 16.7. The van der Waals surface area contributed by atoms with E-state index in [9.17, 15) is 5.11 Å². The number of phenols is 1. The zero-order chi connectivity index (χ0) is 20.3. The molecule has 3 rings (SSSR count). The summed E-state index contributed by atoms with van der Waals surface area (Å²) in [6.07, 6.45) is 3.85. The van der Waals surface area contributed by atoms with Crippen molar-refractivity contribution in [1.82, 2.24) is 0 Å². The van der Waals surface area contributed by atoms with Crippen molar-refractivity contribution in [3.05, 3.63) is 47.0 Å². The normalized spacial score (nSPS) is 15.9. The Hall–Kier alpha value is -2.86. The van der Waals surface area contributed by atoms with Crippen LogP contribution in [0.1, 0.15) is 23.1 Å². The second-order valence-electron chi connectivity index (χ2n) is 6.67. The van der Waals surface area contributed by atoms with Crippen molar-refractivity contribution in [1.29, 1.82) is 0 Å². The Morgan fingerprint density at radius 1 is 0.964 bits per heavy atom. The van der Waals surface area contributed by atoms with Crippen LogP contribution in [0.25, 0.3) is 5.57 Å². The van der Waals surface area contributed by atoms with Gasteiger partial charge in [-0.1, -0.05) is 12.1 Å². The van der Waals surface area contributed by atoms with Crippen molar-refractivity contribution < 1.29 is 24.1 Å². The summed E-state index contributed by atoms with van der Waals surface area (Å²) in [7, 11) is 6.36. The van der Waals surface area contributed by atoms with Gasteiger partial charge in [0.1, 0.15) is 0 Å². The van der Waals surface area contributed by atoms with Gasteiger partial charge in [0.25, 0.3) is 0 Å². The lowest BCUT2D eigenvalue weighted by molar-refractivity contribution is 0.321. The fraction of sp³-hybridized carbons (Fsp3) is 0.364. The minimum absolute atomic E-state index is 0.0865. The molecule has 0 bridgehead atoms. The molecular formula is C22H27NO5. The van der Waals surface area contributed by atoms with Crippen LogP contribution in [0, 0.1) is 5.92 Å². The van der Waals surface area contributed by atoms with Gasteiger partial charge in [0.05, 0.1) is 28.4 Å². The molecule has 0 fully saturated rings. The molecule has 28 heavy (non-hydrogen) atoms. The zero-order valence-corrected chi connectivity index (χ0v) is 16.7. The summed E-state index contributed by atoms with van der Waals surface area (Å²) in [5.74, 6) is 2.55. The van der Waals surface area contributed by atoms with Crippen molar-refractivity contribution in [2.24, 2.45) is 11.7 Å².